The van der Waals surface area contributed by atoms with Crippen molar-refractivity contribution in [3.8, 4) is 0 Å². The molecule has 1 aliphatic heterocycles. The van der Waals surface area contributed by atoms with E-state index in [-0.39, 0.29) is 40.4 Å². The van der Waals surface area contributed by atoms with E-state index >= 15 is 0 Å². The number of rotatable bonds is 2. The Kier molecular flexibility index (Phi) is 5.93. The maximum atomic E-state index is 10.3. The molecule has 0 amide bonds. The van der Waals surface area contributed by atoms with Gasteiger partial charge >= 0.3 is 35.5 Å². The number of thioether (sulfide) groups is 1. The summed E-state index contributed by atoms with van der Waals surface area (Å²) in [6, 6.07) is 0. The molecule has 3 nitrogen and oxygen atoms in total. The molecule has 6 heteroatoms. The molecule has 0 aromatic heterocycles. The normalized spacial score (nSPS) is 21.7. The van der Waals surface area contributed by atoms with Crippen molar-refractivity contribution in [3.05, 3.63) is 11.1 Å². The van der Waals surface area contributed by atoms with Crippen molar-refractivity contribution in [2.45, 2.75) is 11.2 Å². The van der Waals surface area contributed by atoms with Gasteiger partial charge in [0.15, 0.2) is 0 Å². The minimum absolute atomic E-state index is 0. The molecular weight excluding hydrogens is 253 g/mol. The van der Waals surface area contributed by atoms with Crippen molar-refractivity contribution in [2.75, 3.05) is 6.54 Å². The molecule has 1 heterocycles. The van der Waals surface area contributed by atoms with Gasteiger partial charge < -0.3 is 10.0 Å². The third-order valence-corrected chi connectivity index (χ3v) is 3.45. The fraction of sp³-hybridized carbons (Fsp3) is 0.500. The number of allylic oxidation sites excluding steroid dienone is 1. The first-order chi connectivity index (χ1) is 5.11. The molecule has 0 fully saturated rings. The molecule has 1 aliphatic rings. The zero-order valence-electron chi connectivity index (χ0n) is 5.95. The molecule has 1 unspecified atom stereocenters. The molecule has 0 aromatic carbocycles. The van der Waals surface area contributed by atoms with Gasteiger partial charge in [0.2, 0.25) is 0 Å². The van der Waals surface area contributed by atoms with E-state index in [1.165, 1.54) is 0 Å². The summed E-state index contributed by atoms with van der Waals surface area (Å²) < 4.78 is 0.0820. The first-order valence-electron chi connectivity index (χ1n) is 3.06. The summed E-state index contributed by atoms with van der Waals surface area (Å²) in [5, 5.41) is 10.5. The van der Waals surface area contributed by atoms with Crippen molar-refractivity contribution in [1.29, 1.82) is 0 Å². The minimum atomic E-state index is -0.801. The summed E-state index contributed by atoms with van der Waals surface area (Å²) in [7, 11) is 0. The standard InChI is InChI=1S/C6H8BrNO2S.Na.H/c1-4-3-11-6(7)8(4)2-5(9)10;;/h3,6H,2H2,1H3,(H,9,10);;. The van der Waals surface area contributed by atoms with Crippen molar-refractivity contribution in [3.63, 3.8) is 0 Å². The van der Waals surface area contributed by atoms with E-state index in [0.29, 0.717) is 0 Å². The Balaban J connectivity index is 0.00000121. The van der Waals surface area contributed by atoms with E-state index in [1.54, 1.807) is 16.7 Å². The van der Waals surface area contributed by atoms with E-state index in [2.05, 4.69) is 15.9 Å². The molecule has 0 saturated heterocycles. The predicted molar refractivity (Wildman–Crippen MR) is 55.6 cm³/mol. The van der Waals surface area contributed by atoms with Crippen LogP contribution >= 0.6 is 27.7 Å². The van der Waals surface area contributed by atoms with Crippen LogP contribution in [0.15, 0.2) is 11.1 Å². The van der Waals surface area contributed by atoms with Gasteiger partial charge in [-0.1, -0.05) is 27.7 Å². The summed E-state index contributed by atoms with van der Waals surface area (Å²) in [6.07, 6.45) is 0. The summed E-state index contributed by atoms with van der Waals surface area (Å²) in [6.45, 7) is 1.96. The number of hydrogen-bond donors (Lipinski definition) is 1. The first-order valence-corrected chi connectivity index (χ1v) is 4.92. The van der Waals surface area contributed by atoms with Crippen molar-refractivity contribution < 1.29 is 9.90 Å². The number of nitrogens with zero attached hydrogens (tertiary/aromatic N) is 1. The maximum absolute atomic E-state index is 10.3. The summed E-state index contributed by atoms with van der Waals surface area (Å²) in [4.78, 5) is 12.1. The molecule has 0 spiro atoms. The Hall–Kier alpha value is 0.840. The quantitative estimate of drug-likeness (QED) is 0.458. The number of carbonyl (C=O) groups is 1. The average molecular weight is 262 g/mol. The zero-order chi connectivity index (χ0) is 8.43. The first kappa shape index (κ1) is 12.8. The van der Waals surface area contributed by atoms with Gasteiger partial charge in [0.05, 0.1) is 0 Å². The molecule has 1 rings (SSSR count). The van der Waals surface area contributed by atoms with Gasteiger partial charge in [-0.05, 0) is 12.3 Å². The average Bonchev–Trinajstić information content (AvgIpc) is 2.18. The van der Waals surface area contributed by atoms with Crippen LogP contribution in [0.3, 0.4) is 0 Å². The monoisotopic (exact) mass is 261 g/mol. The van der Waals surface area contributed by atoms with Crippen LogP contribution in [0.5, 0.6) is 0 Å². The molecule has 1 N–H and O–H groups in total. The van der Waals surface area contributed by atoms with Crippen molar-refractivity contribution in [1.82, 2.24) is 4.90 Å². The van der Waals surface area contributed by atoms with Crippen LogP contribution in [0.4, 0.5) is 0 Å². The van der Waals surface area contributed by atoms with Gasteiger partial charge in [-0.3, -0.25) is 4.79 Å². The van der Waals surface area contributed by atoms with Gasteiger partial charge in [-0.25, -0.2) is 0 Å². The molecule has 0 saturated carbocycles. The molecule has 0 bridgehead atoms. The third-order valence-electron chi connectivity index (χ3n) is 1.35. The van der Waals surface area contributed by atoms with Crippen LogP contribution in [-0.4, -0.2) is 56.4 Å². The molecule has 64 valence electrons. The van der Waals surface area contributed by atoms with E-state index in [0.717, 1.165) is 5.70 Å². The Bertz CT molecular complexity index is 212. The topological polar surface area (TPSA) is 40.5 Å². The van der Waals surface area contributed by atoms with Crippen molar-refractivity contribution >= 4 is 63.2 Å². The van der Waals surface area contributed by atoms with E-state index in [9.17, 15) is 4.79 Å². The van der Waals surface area contributed by atoms with Crippen LogP contribution in [-0.2, 0) is 4.79 Å². The number of halogens is 1. The molecular formula is C6H9BrNNaO2S. The zero-order valence-corrected chi connectivity index (χ0v) is 8.35. The summed E-state index contributed by atoms with van der Waals surface area (Å²) in [5.41, 5.74) is 0.999. The van der Waals surface area contributed by atoms with Gasteiger partial charge in [-0.2, -0.15) is 0 Å². The second kappa shape index (κ2) is 5.54. The van der Waals surface area contributed by atoms with Crippen LogP contribution in [0, 0.1) is 0 Å². The van der Waals surface area contributed by atoms with Crippen molar-refractivity contribution in [2.24, 2.45) is 0 Å². The fourth-order valence-corrected chi connectivity index (χ4v) is 2.42. The number of carboxylic acids is 1. The van der Waals surface area contributed by atoms with Gasteiger partial charge in [-0.15, -0.1) is 0 Å². The van der Waals surface area contributed by atoms with Gasteiger partial charge in [0.25, 0.3) is 0 Å². The summed E-state index contributed by atoms with van der Waals surface area (Å²) >= 11 is 4.92. The molecule has 0 aromatic rings. The molecule has 12 heavy (non-hydrogen) atoms. The predicted octanol–water partition coefficient (Wildman–Crippen LogP) is 1.01. The number of aliphatic carboxylic acids is 1. The van der Waals surface area contributed by atoms with Crippen LogP contribution in [0.2, 0.25) is 0 Å². The Morgan fingerprint density at radius 1 is 1.92 bits per heavy atom. The van der Waals surface area contributed by atoms with Crippen LogP contribution in [0.1, 0.15) is 6.92 Å². The number of alkyl halides is 1. The SMILES string of the molecule is CC1=CSC(Br)N1CC(=O)O.[NaH]. The number of hydrogen-bond acceptors (Lipinski definition) is 3. The van der Waals surface area contributed by atoms with E-state index < -0.39 is 5.97 Å². The third kappa shape index (κ3) is 3.30. The van der Waals surface area contributed by atoms with E-state index in [1.807, 2.05) is 12.3 Å². The Morgan fingerprint density at radius 3 is 2.83 bits per heavy atom. The van der Waals surface area contributed by atoms with Gasteiger partial charge in [0, 0.05) is 5.70 Å². The summed E-state index contributed by atoms with van der Waals surface area (Å²) in [5.74, 6) is -0.801. The Morgan fingerprint density at radius 2 is 2.50 bits per heavy atom. The van der Waals surface area contributed by atoms with Crippen LogP contribution in [0.25, 0.3) is 0 Å². The second-order valence-electron chi connectivity index (χ2n) is 2.21. The number of carboxylic acid groups (broad SMARTS) is 1. The van der Waals surface area contributed by atoms with Crippen LogP contribution < -0.4 is 0 Å². The molecule has 0 radical (unpaired) electrons. The van der Waals surface area contributed by atoms with E-state index in [4.69, 9.17) is 5.11 Å². The Labute approximate surface area is 106 Å². The fourth-order valence-electron chi connectivity index (χ4n) is 0.798. The molecule has 0 aliphatic carbocycles. The van der Waals surface area contributed by atoms with Gasteiger partial charge in [0.1, 0.15) is 10.8 Å². The molecule has 1 atom stereocenters. The second-order valence-corrected chi connectivity index (χ2v) is 4.64.